The Morgan fingerprint density at radius 2 is 2.04 bits per heavy atom. The lowest BCUT2D eigenvalue weighted by Gasteiger charge is -2.11. The van der Waals surface area contributed by atoms with E-state index in [0.29, 0.717) is 30.2 Å². The first-order valence-corrected chi connectivity index (χ1v) is 7.45. The molecule has 0 radical (unpaired) electrons. The van der Waals surface area contributed by atoms with Crippen LogP contribution in [-0.4, -0.2) is 19.6 Å². The molecule has 0 heterocycles. The van der Waals surface area contributed by atoms with Crippen LogP contribution < -0.4 is 10.1 Å². The fourth-order valence-electron chi connectivity index (χ4n) is 2.13. The van der Waals surface area contributed by atoms with Gasteiger partial charge in [-0.05, 0) is 42.8 Å². The molecule has 0 aliphatic heterocycles. The molecule has 0 atom stereocenters. The summed E-state index contributed by atoms with van der Waals surface area (Å²) in [5, 5.41) is 2.67. The van der Waals surface area contributed by atoms with Crippen molar-refractivity contribution in [2.75, 3.05) is 19.0 Å². The summed E-state index contributed by atoms with van der Waals surface area (Å²) < 4.78 is 24.0. The zero-order chi connectivity index (χ0) is 16.7. The maximum Gasteiger partial charge on any atom is 0.255 e. The molecule has 0 aliphatic rings. The van der Waals surface area contributed by atoms with Gasteiger partial charge in [-0.15, -0.1) is 0 Å². The van der Waals surface area contributed by atoms with Crippen LogP contribution in [0.4, 0.5) is 10.1 Å². The van der Waals surface area contributed by atoms with E-state index in [-0.39, 0.29) is 5.91 Å². The fourth-order valence-corrected chi connectivity index (χ4v) is 2.13. The highest BCUT2D eigenvalue weighted by atomic mass is 19.1. The number of methoxy groups -OCH3 is 1. The minimum absolute atomic E-state index is 0.310. The van der Waals surface area contributed by atoms with Gasteiger partial charge in [0, 0.05) is 23.4 Å². The maximum absolute atomic E-state index is 13.2. The average Bonchev–Trinajstić information content (AvgIpc) is 2.55. The molecule has 2 aromatic rings. The third-order valence-electron chi connectivity index (χ3n) is 3.23. The second kappa shape index (κ2) is 8.29. The maximum atomic E-state index is 13.2. The van der Waals surface area contributed by atoms with Crippen LogP contribution in [-0.2, 0) is 11.3 Å². The van der Waals surface area contributed by atoms with E-state index < -0.39 is 5.82 Å². The zero-order valence-electron chi connectivity index (χ0n) is 13.3. The smallest absolute Gasteiger partial charge is 0.255 e. The monoisotopic (exact) mass is 317 g/mol. The van der Waals surface area contributed by atoms with Crippen molar-refractivity contribution in [3.63, 3.8) is 0 Å². The Morgan fingerprint density at radius 3 is 2.74 bits per heavy atom. The van der Waals surface area contributed by atoms with Gasteiger partial charge in [0.2, 0.25) is 0 Å². The number of carbonyl (C=O) groups excluding carboxylic acids is 1. The molecular weight excluding hydrogens is 297 g/mol. The van der Waals surface area contributed by atoms with E-state index in [1.54, 1.807) is 37.4 Å². The number of anilines is 1. The number of benzene rings is 2. The highest BCUT2D eigenvalue weighted by Crippen LogP contribution is 2.22. The Hall–Kier alpha value is -2.40. The molecule has 5 heteroatoms. The lowest BCUT2D eigenvalue weighted by Crippen LogP contribution is -2.12. The van der Waals surface area contributed by atoms with Crippen molar-refractivity contribution in [3.05, 3.63) is 59.4 Å². The number of ether oxygens (including phenoxy) is 2. The highest BCUT2D eigenvalue weighted by molar-refractivity contribution is 6.04. The minimum Gasteiger partial charge on any atom is -0.496 e. The Kier molecular flexibility index (Phi) is 6.11. The van der Waals surface area contributed by atoms with E-state index in [1.807, 2.05) is 6.92 Å². The van der Waals surface area contributed by atoms with E-state index in [4.69, 9.17) is 9.47 Å². The molecular formula is C18H20FNO3. The molecule has 0 saturated heterocycles. The zero-order valence-corrected chi connectivity index (χ0v) is 13.3. The van der Waals surface area contributed by atoms with E-state index in [2.05, 4.69) is 5.32 Å². The summed E-state index contributed by atoms with van der Waals surface area (Å²) in [6.45, 7) is 3.04. The van der Waals surface area contributed by atoms with Crippen molar-refractivity contribution in [1.29, 1.82) is 0 Å². The minimum atomic E-state index is -0.397. The molecule has 0 spiro atoms. The van der Waals surface area contributed by atoms with Crippen molar-refractivity contribution in [3.8, 4) is 5.75 Å². The molecule has 2 rings (SSSR count). The molecule has 1 amide bonds. The van der Waals surface area contributed by atoms with Gasteiger partial charge >= 0.3 is 0 Å². The van der Waals surface area contributed by atoms with Crippen LogP contribution in [0.1, 0.15) is 29.3 Å². The molecule has 0 bridgehead atoms. The molecule has 4 nitrogen and oxygen atoms in total. The molecule has 2 aromatic carbocycles. The van der Waals surface area contributed by atoms with Gasteiger partial charge in [0.1, 0.15) is 11.6 Å². The molecule has 122 valence electrons. The summed E-state index contributed by atoms with van der Waals surface area (Å²) in [4.78, 5) is 12.3. The first-order valence-electron chi connectivity index (χ1n) is 7.45. The summed E-state index contributed by atoms with van der Waals surface area (Å²) in [5.41, 5.74) is 1.67. The Labute approximate surface area is 135 Å². The van der Waals surface area contributed by atoms with Gasteiger partial charge in [-0.25, -0.2) is 4.39 Å². The van der Waals surface area contributed by atoms with Gasteiger partial charge < -0.3 is 14.8 Å². The number of carbonyl (C=O) groups is 1. The summed E-state index contributed by atoms with van der Waals surface area (Å²) in [6, 6.07) is 10.9. The molecule has 23 heavy (non-hydrogen) atoms. The predicted molar refractivity (Wildman–Crippen MR) is 87.3 cm³/mol. The van der Waals surface area contributed by atoms with Gasteiger partial charge in [0.25, 0.3) is 5.91 Å². The van der Waals surface area contributed by atoms with Gasteiger partial charge in [-0.1, -0.05) is 13.0 Å². The van der Waals surface area contributed by atoms with Crippen LogP contribution in [0.5, 0.6) is 5.75 Å². The summed E-state index contributed by atoms with van der Waals surface area (Å²) >= 11 is 0. The second-order valence-corrected chi connectivity index (χ2v) is 5.04. The summed E-state index contributed by atoms with van der Waals surface area (Å²) in [7, 11) is 1.57. The second-order valence-electron chi connectivity index (χ2n) is 5.04. The quantitative estimate of drug-likeness (QED) is 0.785. The van der Waals surface area contributed by atoms with E-state index in [0.717, 1.165) is 12.0 Å². The average molecular weight is 317 g/mol. The largest absolute Gasteiger partial charge is 0.496 e. The first-order chi connectivity index (χ1) is 11.1. The van der Waals surface area contributed by atoms with Crippen molar-refractivity contribution < 1.29 is 18.7 Å². The topological polar surface area (TPSA) is 47.6 Å². The van der Waals surface area contributed by atoms with Gasteiger partial charge in [0.15, 0.2) is 0 Å². The molecule has 0 saturated carbocycles. The SMILES string of the molecule is CCCOCc1cc(C(=O)Nc2cccc(F)c2)ccc1OC. The lowest BCUT2D eigenvalue weighted by molar-refractivity contribution is 0.102. The number of rotatable bonds is 7. The Balaban J connectivity index is 2.14. The Morgan fingerprint density at radius 1 is 1.22 bits per heavy atom. The molecule has 0 unspecified atom stereocenters. The third kappa shape index (κ3) is 4.79. The first kappa shape index (κ1) is 17.0. The van der Waals surface area contributed by atoms with Crippen LogP contribution in [0.15, 0.2) is 42.5 Å². The molecule has 0 aromatic heterocycles. The van der Waals surface area contributed by atoms with Crippen LogP contribution in [0.2, 0.25) is 0 Å². The summed E-state index contributed by atoms with van der Waals surface area (Å²) in [6.07, 6.45) is 0.919. The number of hydrogen-bond donors (Lipinski definition) is 1. The molecule has 0 aliphatic carbocycles. The number of hydrogen-bond acceptors (Lipinski definition) is 3. The third-order valence-corrected chi connectivity index (χ3v) is 3.23. The number of nitrogens with one attached hydrogen (secondary N) is 1. The normalized spacial score (nSPS) is 10.4. The summed E-state index contributed by atoms with van der Waals surface area (Å²) in [5.74, 6) is -0.0374. The predicted octanol–water partition coefficient (Wildman–Crippen LogP) is 4.01. The van der Waals surface area contributed by atoms with E-state index >= 15 is 0 Å². The number of amides is 1. The van der Waals surface area contributed by atoms with Gasteiger partial charge in [-0.3, -0.25) is 4.79 Å². The van der Waals surface area contributed by atoms with Crippen molar-refractivity contribution in [2.24, 2.45) is 0 Å². The van der Waals surface area contributed by atoms with E-state index in [1.165, 1.54) is 12.1 Å². The van der Waals surface area contributed by atoms with Gasteiger partial charge in [-0.2, -0.15) is 0 Å². The standard InChI is InChI=1S/C18H20FNO3/c1-3-9-23-12-14-10-13(7-8-17(14)22-2)18(21)20-16-6-4-5-15(19)11-16/h4-8,10-11H,3,9,12H2,1-2H3,(H,20,21). The Bertz CT molecular complexity index is 673. The molecule has 0 fully saturated rings. The van der Waals surface area contributed by atoms with Crippen LogP contribution in [0.3, 0.4) is 0 Å². The van der Waals surface area contributed by atoms with Crippen LogP contribution in [0.25, 0.3) is 0 Å². The van der Waals surface area contributed by atoms with Crippen LogP contribution in [0, 0.1) is 5.82 Å². The van der Waals surface area contributed by atoms with Crippen LogP contribution >= 0.6 is 0 Å². The van der Waals surface area contributed by atoms with Crippen molar-refractivity contribution in [1.82, 2.24) is 0 Å². The molecule has 1 N–H and O–H groups in total. The number of halogens is 1. The van der Waals surface area contributed by atoms with Gasteiger partial charge in [0.05, 0.1) is 13.7 Å². The lowest BCUT2D eigenvalue weighted by atomic mass is 10.1. The fraction of sp³-hybridized carbons (Fsp3) is 0.278. The van der Waals surface area contributed by atoms with Crippen molar-refractivity contribution in [2.45, 2.75) is 20.0 Å². The van der Waals surface area contributed by atoms with Crippen molar-refractivity contribution >= 4 is 11.6 Å². The van der Waals surface area contributed by atoms with E-state index in [9.17, 15) is 9.18 Å². The highest BCUT2D eigenvalue weighted by Gasteiger charge is 2.11.